The first kappa shape index (κ1) is 22.5. The SMILES string of the molecule is CCSc1nnc(NC(=O)CN(C)S(=O)(=O)c2cc3c(cc2C)NC(=O)[C@@H](C)O3)s1. The number of sulfonamides is 1. The van der Waals surface area contributed by atoms with Gasteiger partial charge in [0.15, 0.2) is 10.4 Å². The summed E-state index contributed by atoms with van der Waals surface area (Å²) in [7, 11) is -2.66. The summed E-state index contributed by atoms with van der Waals surface area (Å²) in [5.74, 6) is 0.260. The van der Waals surface area contributed by atoms with Crippen LogP contribution in [0.5, 0.6) is 5.75 Å². The number of aryl methyl sites for hydroxylation is 1. The Labute approximate surface area is 182 Å². The molecule has 0 aliphatic carbocycles. The van der Waals surface area contributed by atoms with Crippen molar-refractivity contribution in [1.29, 1.82) is 0 Å². The molecule has 2 aromatic rings. The van der Waals surface area contributed by atoms with Crippen molar-refractivity contribution in [1.82, 2.24) is 14.5 Å². The molecule has 0 fully saturated rings. The second kappa shape index (κ2) is 8.88. The van der Waals surface area contributed by atoms with Crippen molar-refractivity contribution in [2.75, 3.05) is 30.0 Å². The number of hydrogen-bond donors (Lipinski definition) is 2. The highest BCUT2D eigenvalue weighted by Crippen LogP contribution is 2.35. The van der Waals surface area contributed by atoms with E-state index in [1.165, 1.54) is 42.3 Å². The van der Waals surface area contributed by atoms with Crippen LogP contribution in [-0.2, 0) is 19.6 Å². The van der Waals surface area contributed by atoms with Gasteiger partial charge in [-0.1, -0.05) is 30.0 Å². The lowest BCUT2D eigenvalue weighted by atomic mass is 10.1. The van der Waals surface area contributed by atoms with Gasteiger partial charge in [0, 0.05) is 13.1 Å². The van der Waals surface area contributed by atoms with Crippen molar-refractivity contribution in [2.45, 2.75) is 36.1 Å². The van der Waals surface area contributed by atoms with E-state index in [1.807, 2.05) is 6.92 Å². The molecule has 1 atom stereocenters. The highest BCUT2D eigenvalue weighted by atomic mass is 32.2. The number of carbonyl (C=O) groups excluding carboxylic acids is 2. The van der Waals surface area contributed by atoms with Crippen molar-refractivity contribution in [3.05, 3.63) is 17.7 Å². The van der Waals surface area contributed by atoms with Crippen molar-refractivity contribution in [3.8, 4) is 5.75 Å². The molecule has 0 unspecified atom stereocenters. The molecule has 2 amide bonds. The Morgan fingerprint density at radius 1 is 1.40 bits per heavy atom. The predicted octanol–water partition coefficient (Wildman–Crippen LogP) is 1.94. The molecule has 0 bridgehead atoms. The van der Waals surface area contributed by atoms with Gasteiger partial charge in [0.25, 0.3) is 5.91 Å². The van der Waals surface area contributed by atoms with Gasteiger partial charge in [-0.2, -0.15) is 4.31 Å². The van der Waals surface area contributed by atoms with Crippen molar-refractivity contribution >= 4 is 55.8 Å². The molecule has 162 valence electrons. The number of thioether (sulfide) groups is 1. The fourth-order valence-corrected chi connectivity index (χ4v) is 5.69. The van der Waals surface area contributed by atoms with Crippen LogP contribution < -0.4 is 15.4 Å². The number of carbonyl (C=O) groups is 2. The second-order valence-electron chi connectivity index (χ2n) is 6.48. The molecule has 0 saturated heterocycles. The van der Waals surface area contributed by atoms with Gasteiger partial charge in [-0.3, -0.25) is 14.9 Å². The maximum atomic E-state index is 13.0. The third kappa shape index (κ3) is 4.74. The number of nitrogens with one attached hydrogen (secondary N) is 2. The van der Waals surface area contributed by atoms with Crippen LogP contribution in [0, 0.1) is 6.92 Å². The summed E-state index contributed by atoms with van der Waals surface area (Å²) in [6.45, 7) is 4.76. The lowest BCUT2D eigenvalue weighted by molar-refractivity contribution is -0.122. The maximum Gasteiger partial charge on any atom is 0.265 e. The molecule has 10 nitrogen and oxygen atoms in total. The molecule has 1 aromatic carbocycles. The van der Waals surface area contributed by atoms with Crippen LogP contribution in [0.15, 0.2) is 21.4 Å². The van der Waals surface area contributed by atoms with Gasteiger partial charge in [0.05, 0.1) is 17.1 Å². The monoisotopic (exact) mass is 471 g/mol. The summed E-state index contributed by atoms with van der Waals surface area (Å²) in [6, 6.07) is 2.90. The van der Waals surface area contributed by atoms with E-state index in [0.29, 0.717) is 16.4 Å². The third-order valence-corrected chi connectivity index (χ3v) is 7.98. The zero-order valence-corrected chi connectivity index (χ0v) is 19.2. The largest absolute Gasteiger partial charge is 0.479 e. The quantitative estimate of drug-likeness (QED) is 0.463. The smallest absolute Gasteiger partial charge is 0.265 e. The number of benzene rings is 1. The van der Waals surface area contributed by atoms with E-state index in [4.69, 9.17) is 4.74 Å². The van der Waals surface area contributed by atoms with Crippen LogP contribution in [-0.4, -0.2) is 60.2 Å². The molecule has 30 heavy (non-hydrogen) atoms. The minimum absolute atomic E-state index is 0.00236. The number of hydrogen-bond acceptors (Lipinski definition) is 9. The Kier molecular flexibility index (Phi) is 6.65. The Morgan fingerprint density at radius 3 is 2.83 bits per heavy atom. The number of fused-ring (bicyclic) bond motifs is 1. The molecule has 3 rings (SSSR count). The molecule has 1 aliphatic heterocycles. The number of amides is 2. The second-order valence-corrected chi connectivity index (χ2v) is 11.0. The fraction of sp³-hybridized carbons (Fsp3) is 0.412. The summed E-state index contributed by atoms with van der Waals surface area (Å²) in [4.78, 5) is 24.1. The summed E-state index contributed by atoms with van der Waals surface area (Å²) < 4.78 is 33.3. The first-order valence-corrected chi connectivity index (χ1v) is 12.2. The van der Waals surface area contributed by atoms with E-state index >= 15 is 0 Å². The van der Waals surface area contributed by atoms with Crippen LogP contribution in [0.4, 0.5) is 10.8 Å². The third-order valence-electron chi connectivity index (χ3n) is 4.18. The summed E-state index contributed by atoms with van der Waals surface area (Å²) in [5, 5.41) is 13.4. The average Bonchev–Trinajstić information content (AvgIpc) is 3.09. The Morgan fingerprint density at radius 2 is 2.13 bits per heavy atom. The van der Waals surface area contributed by atoms with Crippen molar-refractivity contribution in [3.63, 3.8) is 0 Å². The minimum atomic E-state index is -3.98. The molecule has 0 radical (unpaired) electrons. The van der Waals surface area contributed by atoms with Crippen LogP contribution in [0.2, 0.25) is 0 Å². The van der Waals surface area contributed by atoms with E-state index in [1.54, 1.807) is 13.8 Å². The molecule has 13 heteroatoms. The van der Waals surface area contributed by atoms with Gasteiger partial charge in [-0.05, 0) is 31.2 Å². The van der Waals surface area contributed by atoms with Gasteiger partial charge >= 0.3 is 0 Å². The van der Waals surface area contributed by atoms with E-state index in [0.717, 1.165) is 14.4 Å². The molecular weight excluding hydrogens is 450 g/mol. The Bertz CT molecular complexity index is 1090. The normalized spacial score (nSPS) is 16.0. The Hall–Kier alpha value is -2.22. The zero-order valence-electron chi connectivity index (χ0n) is 16.8. The van der Waals surface area contributed by atoms with Crippen molar-refractivity contribution < 1.29 is 22.7 Å². The van der Waals surface area contributed by atoms with Crippen LogP contribution in [0.1, 0.15) is 19.4 Å². The number of likely N-dealkylation sites (N-methyl/N-ethyl adjacent to an activating group) is 1. The van der Waals surface area contributed by atoms with Crippen LogP contribution >= 0.6 is 23.1 Å². The van der Waals surface area contributed by atoms with Gasteiger partial charge in [0.1, 0.15) is 5.75 Å². The summed E-state index contributed by atoms with van der Waals surface area (Å²) >= 11 is 2.73. The van der Waals surface area contributed by atoms with E-state index < -0.39 is 28.6 Å². The first-order valence-electron chi connectivity index (χ1n) is 8.96. The topological polar surface area (TPSA) is 131 Å². The summed E-state index contributed by atoms with van der Waals surface area (Å²) in [6.07, 6.45) is -0.734. The Balaban J connectivity index is 1.75. The fourth-order valence-electron chi connectivity index (χ4n) is 2.68. The number of ether oxygens (including phenoxy) is 1. The van der Waals surface area contributed by atoms with E-state index in [-0.39, 0.29) is 16.6 Å². The molecule has 0 spiro atoms. The number of rotatable bonds is 7. The predicted molar refractivity (Wildman–Crippen MR) is 115 cm³/mol. The first-order chi connectivity index (χ1) is 14.1. The van der Waals surface area contributed by atoms with Gasteiger partial charge in [0.2, 0.25) is 21.1 Å². The molecule has 1 aliphatic rings. The highest BCUT2D eigenvalue weighted by Gasteiger charge is 2.30. The van der Waals surface area contributed by atoms with Crippen LogP contribution in [0.25, 0.3) is 0 Å². The number of anilines is 2. The number of nitrogens with zero attached hydrogens (tertiary/aromatic N) is 3. The van der Waals surface area contributed by atoms with Crippen molar-refractivity contribution in [2.24, 2.45) is 0 Å². The molecule has 2 N–H and O–H groups in total. The summed E-state index contributed by atoms with van der Waals surface area (Å²) in [5.41, 5.74) is 0.830. The molecule has 2 heterocycles. The standard InChI is InChI=1S/C17H21N5O5S3/c1-5-28-17-21-20-16(29-17)19-14(23)8-22(4)30(25,26)13-7-12-11(6-9(13)2)18-15(24)10(3)27-12/h6-7,10H,5,8H2,1-4H3,(H,18,24)(H,19,20,23)/t10-/m1/s1. The van der Waals surface area contributed by atoms with Gasteiger partial charge in [-0.25, -0.2) is 8.42 Å². The molecular formula is C17H21N5O5S3. The number of aromatic nitrogens is 2. The highest BCUT2D eigenvalue weighted by molar-refractivity contribution is 8.01. The lowest BCUT2D eigenvalue weighted by Gasteiger charge is -2.25. The van der Waals surface area contributed by atoms with E-state index in [2.05, 4.69) is 20.8 Å². The molecule has 0 saturated carbocycles. The lowest BCUT2D eigenvalue weighted by Crippen LogP contribution is -2.36. The van der Waals surface area contributed by atoms with Crippen LogP contribution in [0.3, 0.4) is 0 Å². The average molecular weight is 472 g/mol. The molecule has 1 aromatic heterocycles. The maximum absolute atomic E-state index is 13.0. The van der Waals surface area contributed by atoms with Gasteiger partial charge in [-0.15, -0.1) is 10.2 Å². The minimum Gasteiger partial charge on any atom is -0.479 e. The van der Waals surface area contributed by atoms with E-state index in [9.17, 15) is 18.0 Å². The zero-order chi connectivity index (χ0) is 22.1. The van der Waals surface area contributed by atoms with Gasteiger partial charge < -0.3 is 10.1 Å².